The third-order valence-corrected chi connectivity index (χ3v) is 3.28. The number of hydrogen-bond acceptors (Lipinski definition) is 1. The molecular weight excluding hydrogens is 270 g/mol. The van der Waals surface area contributed by atoms with Gasteiger partial charge in [0.1, 0.15) is 0 Å². The molecule has 0 spiro atoms. The summed E-state index contributed by atoms with van der Waals surface area (Å²) >= 11 is 0. The van der Waals surface area contributed by atoms with E-state index in [0.29, 0.717) is 0 Å². The van der Waals surface area contributed by atoms with Gasteiger partial charge in [-0.15, -0.1) is 5.92 Å². The molecule has 1 heterocycles. The summed E-state index contributed by atoms with van der Waals surface area (Å²) in [6.45, 7) is 2.21. The first-order chi connectivity index (χ1) is 10.8. The van der Waals surface area contributed by atoms with Crippen molar-refractivity contribution in [2.45, 2.75) is 58.3 Å². The standard InChI is InChI=1S/C20H27NO/c1-2-3-4-5-6-7-8-9-10-11-12-13-14-17-20(22)21-18-15-16-19-21/h9-10,14-19H,2-5,8,11-13H2,1H3. The number of allylic oxidation sites excluding steroid dienone is 4. The number of carbonyl (C=O) groups excluding carboxylic acids is 1. The van der Waals surface area contributed by atoms with Crippen LogP contribution in [0.5, 0.6) is 0 Å². The average Bonchev–Trinajstić information content (AvgIpc) is 3.06. The monoisotopic (exact) mass is 297 g/mol. The van der Waals surface area contributed by atoms with Crippen LogP contribution in [0, 0.1) is 11.8 Å². The number of carbonyl (C=O) groups is 1. The van der Waals surface area contributed by atoms with Gasteiger partial charge in [0, 0.05) is 25.2 Å². The van der Waals surface area contributed by atoms with Crippen molar-refractivity contribution in [3.63, 3.8) is 0 Å². The Balaban J connectivity index is 2.01. The molecule has 1 aromatic rings. The first-order valence-electron chi connectivity index (χ1n) is 8.29. The Morgan fingerprint density at radius 1 is 1.00 bits per heavy atom. The molecule has 0 saturated carbocycles. The minimum Gasteiger partial charge on any atom is -0.291 e. The van der Waals surface area contributed by atoms with Gasteiger partial charge < -0.3 is 0 Å². The van der Waals surface area contributed by atoms with E-state index < -0.39 is 0 Å². The van der Waals surface area contributed by atoms with Gasteiger partial charge in [0.2, 0.25) is 0 Å². The first kappa shape index (κ1) is 18.0. The van der Waals surface area contributed by atoms with Gasteiger partial charge in [-0.05, 0) is 43.9 Å². The fraction of sp³-hybridized carbons (Fsp3) is 0.450. The largest absolute Gasteiger partial charge is 0.291 e. The molecule has 0 unspecified atom stereocenters. The Morgan fingerprint density at radius 2 is 1.77 bits per heavy atom. The molecule has 0 fully saturated rings. The molecule has 2 nitrogen and oxygen atoms in total. The van der Waals surface area contributed by atoms with Gasteiger partial charge in [0.15, 0.2) is 0 Å². The van der Waals surface area contributed by atoms with Crippen LogP contribution < -0.4 is 0 Å². The van der Waals surface area contributed by atoms with E-state index in [-0.39, 0.29) is 5.91 Å². The molecule has 2 heteroatoms. The summed E-state index contributed by atoms with van der Waals surface area (Å²) in [6, 6.07) is 3.70. The second-order valence-electron chi connectivity index (χ2n) is 5.25. The van der Waals surface area contributed by atoms with Crippen LogP contribution >= 0.6 is 0 Å². The normalized spacial score (nSPS) is 11.0. The van der Waals surface area contributed by atoms with Crippen LogP contribution in [0.15, 0.2) is 48.8 Å². The highest BCUT2D eigenvalue weighted by atomic mass is 16.1. The Labute approximate surface area is 134 Å². The minimum absolute atomic E-state index is 0.0129. The minimum atomic E-state index is 0.0129. The third-order valence-electron chi connectivity index (χ3n) is 3.28. The predicted molar refractivity (Wildman–Crippen MR) is 93.7 cm³/mol. The highest BCUT2D eigenvalue weighted by Crippen LogP contribution is 2.00. The molecule has 0 aliphatic carbocycles. The molecule has 0 aliphatic heterocycles. The van der Waals surface area contributed by atoms with Gasteiger partial charge in [-0.2, -0.15) is 0 Å². The number of aromatic nitrogens is 1. The molecule has 22 heavy (non-hydrogen) atoms. The Morgan fingerprint density at radius 3 is 2.55 bits per heavy atom. The second kappa shape index (κ2) is 12.7. The van der Waals surface area contributed by atoms with Crippen molar-refractivity contribution in [3.05, 3.63) is 48.8 Å². The number of nitrogens with zero attached hydrogens (tertiary/aromatic N) is 1. The zero-order valence-electron chi connectivity index (χ0n) is 13.6. The lowest BCUT2D eigenvalue weighted by atomic mass is 10.2. The van der Waals surface area contributed by atoms with Crippen molar-refractivity contribution >= 4 is 5.91 Å². The van der Waals surface area contributed by atoms with Gasteiger partial charge in [-0.25, -0.2) is 0 Å². The maximum atomic E-state index is 11.7. The molecule has 0 aromatic carbocycles. The third kappa shape index (κ3) is 9.02. The van der Waals surface area contributed by atoms with Crippen LogP contribution in [-0.2, 0) is 0 Å². The van der Waals surface area contributed by atoms with Gasteiger partial charge in [0.05, 0.1) is 0 Å². The van der Waals surface area contributed by atoms with E-state index in [4.69, 9.17) is 0 Å². The Bertz CT molecular complexity index is 512. The van der Waals surface area contributed by atoms with Gasteiger partial charge in [-0.1, -0.05) is 43.9 Å². The van der Waals surface area contributed by atoms with Crippen LogP contribution in [0.1, 0.15) is 63.1 Å². The average molecular weight is 297 g/mol. The Hall–Kier alpha value is -2.01. The van der Waals surface area contributed by atoms with E-state index in [1.54, 1.807) is 23.0 Å². The SMILES string of the molecule is CCCCCC#CCC=CCCCC=CC(=O)n1cccc1. The molecule has 0 atom stereocenters. The molecule has 1 rings (SSSR count). The quantitative estimate of drug-likeness (QED) is 0.259. The molecular formula is C20H27NO. The van der Waals surface area contributed by atoms with Crippen LogP contribution in [-0.4, -0.2) is 10.5 Å². The molecule has 0 bridgehead atoms. The highest BCUT2D eigenvalue weighted by Gasteiger charge is 1.95. The highest BCUT2D eigenvalue weighted by molar-refractivity contribution is 5.89. The van der Waals surface area contributed by atoms with E-state index in [0.717, 1.165) is 32.1 Å². The van der Waals surface area contributed by atoms with Crippen LogP contribution in [0.2, 0.25) is 0 Å². The van der Waals surface area contributed by atoms with Gasteiger partial charge in [-0.3, -0.25) is 9.36 Å². The predicted octanol–water partition coefficient (Wildman–Crippen LogP) is 5.38. The van der Waals surface area contributed by atoms with Crippen LogP contribution in [0.4, 0.5) is 0 Å². The first-order valence-corrected chi connectivity index (χ1v) is 8.29. The smallest absolute Gasteiger partial charge is 0.254 e. The van der Waals surface area contributed by atoms with Crippen LogP contribution in [0.3, 0.4) is 0 Å². The molecule has 1 aromatic heterocycles. The lowest BCUT2D eigenvalue weighted by Crippen LogP contribution is -2.03. The van der Waals surface area contributed by atoms with Gasteiger partial charge in [0.25, 0.3) is 5.91 Å². The topological polar surface area (TPSA) is 22.0 Å². The summed E-state index contributed by atoms with van der Waals surface area (Å²) in [7, 11) is 0. The Kier molecular flexibility index (Phi) is 10.4. The summed E-state index contributed by atoms with van der Waals surface area (Å²) in [4.78, 5) is 11.7. The molecule has 0 radical (unpaired) electrons. The van der Waals surface area contributed by atoms with Crippen molar-refractivity contribution in [1.82, 2.24) is 4.57 Å². The van der Waals surface area contributed by atoms with E-state index in [1.807, 2.05) is 18.2 Å². The molecule has 118 valence electrons. The van der Waals surface area contributed by atoms with E-state index in [2.05, 4.69) is 30.9 Å². The zero-order chi connectivity index (χ0) is 15.9. The summed E-state index contributed by atoms with van der Waals surface area (Å²) in [5.41, 5.74) is 0. The summed E-state index contributed by atoms with van der Waals surface area (Å²) in [5, 5.41) is 0. The number of unbranched alkanes of at least 4 members (excludes halogenated alkanes) is 5. The maximum Gasteiger partial charge on any atom is 0.254 e. The molecule has 0 N–H and O–H groups in total. The lowest BCUT2D eigenvalue weighted by Gasteiger charge is -1.94. The van der Waals surface area contributed by atoms with Crippen molar-refractivity contribution in [2.75, 3.05) is 0 Å². The van der Waals surface area contributed by atoms with Crippen molar-refractivity contribution in [3.8, 4) is 11.8 Å². The lowest BCUT2D eigenvalue weighted by molar-refractivity contribution is 0.0969. The summed E-state index contributed by atoms with van der Waals surface area (Å²) in [6.07, 6.45) is 20.1. The summed E-state index contributed by atoms with van der Waals surface area (Å²) < 4.78 is 1.58. The summed E-state index contributed by atoms with van der Waals surface area (Å²) in [5.74, 6) is 6.40. The number of hydrogen-bond donors (Lipinski definition) is 0. The van der Waals surface area contributed by atoms with E-state index in [9.17, 15) is 4.79 Å². The molecule has 0 amide bonds. The second-order valence-corrected chi connectivity index (χ2v) is 5.25. The number of rotatable bonds is 9. The van der Waals surface area contributed by atoms with Crippen molar-refractivity contribution in [2.24, 2.45) is 0 Å². The molecule has 0 saturated heterocycles. The van der Waals surface area contributed by atoms with E-state index >= 15 is 0 Å². The maximum absolute atomic E-state index is 11.7. The van der Waals surface area contributed by atoms with E-state index in [1.165, 1.54) is 19.3 Å². The molecule has 0 aliphatic rings. The van der Waals surface area contributed by atoms with Gasteiger partial charge >= 0.3 is 0 Å². The fourth-order valence-electron chi connectivity index (χ4n) is 1.99. The zero-order valence-corrected chi connectivity index (χ0v) is 13.6. The van der Waals surface area contributed by atoms with Crippen molar-refractivity contribution < 1.29 is 4.79 Å². The fourth-order valence-corrected chi connectivity index (χ4v) is 1.99. The van der Waals surface area contributed by atoms with Crippen molar-refractivity contribution in [1.29, 1.82) is 0 Å². The van der Waals surface area contributed by atoms with Crippen LogP contribution in [0.25, 0.3) is 0 Å².